The topological polar surface area (TPSA) is 86.7 Å². The van der Waals surface area contributed by atoms with E-state index in [-0.39, 0.29) is 24.3 Å². The largest absolute Gasteiger partial charge is 0.481 e. The maximum absolute atomic E-state index is 12.7. The smallest absolute Gasteiger partial charge is 0.308 e. The van der Waals surface area contributed by atoms with Crippen LogP contribution in [-0.4, -0.2) is 47.4 Å². The van der Waals surface area contributed by atoms with Crippen molar-refractivity contribution in [2.75, 3.05) is 13.6 Å². The Morgan fingerprint density at radius 3 is 2.20 bits per heavy atom. The first-order chi connectivity index (χ1) is 11.6. The van der Waals surface area contributed by atoms with Crippen molar-refractivity contribution in [1.82, 2.24) is 10.2 Å². The summed E-state index contributed by atoms with van der Waals surface area (Å²) >= 11 is 5.82. The fourth-order valence-electron chi connectivity index (χ4n) is 2.38. The minimum Gasteiger partial charge on any atom is -0.481 e. The van der Waals surface area contributed by atoms with E-state index in [1.807, 2.05) is 13.8 Å². The van der Waals surface area contributed by atoms with Crippen molar-refractivity contribution in [2.24, 2.45) is 11.8 Å². The summed E-state index contributed by atoms with van der Waals surface area (Å²) in [4.78, 5) is 37.4. The molecule has 2 unspecified atom stereocenters. The number of hydrogen-bond acceptors (Lipinski definition) is 3. The Hall–Kier alpha value is -2.08. The van der Waals surface area contributed by atoms with E-state index >= 15 is 0 Å². The Morgan fingerprint density at radius 2 is 1.72 bits per heavy atom. The zero-order chi connectivity index (χ0) is 19.1. The molecule has 7 heteroatoms. The number of carbonyl (C=O) groups is 3. The first kappa shape index (κ1) is 21.0. The number of halogens is 1. The molecule has 1 rings (SSSR count). The highest BCUT2D eigenvalue weighted by Crippen LogP contribution is 2.12. The van der Waals surface area contributed by atoms with Crippen LogP contribution in [0.2, 0.25) is 5.02 Å². The van der Waals surface area contributed by atoms with Crippen molar-refractivity contribution in [3.63, 3.8) is 0 Å². The van der Waals surface area contributed by atoms with Crippen molar-refractivity contribution in [1.29, 1.82) is 0 Å². The van der Waals surface area contributed by atoms with E-state index in [2.05, 4.69) is 5.32 Å². The molecule has 0 spiro atoms. The number of likely N-dealkylation sites (N-methyl/N-ethyl adjacent to an activating group) is 1. The van der Waals surface area contributed by atoms with Crippen LogP contribution in [0.15, 0.2) is 24.3 Å². The predicted molar refractivity (Wildman–Crippen MR) is 96.6 cm³/mol. The number of aliphatic carboxylic acids is 1. The van der Waals surface area contributed by atoms with Gasteiger partial charge in [-0.2, -0.15) is 0 Å². The lowest BCUT2D eigenvalue weighted by Crippen LogP contribution is -2.49. The van der Waals surface area contributed by atoms with Gasteiger partial charge < -0.3 is 15.3 Å². The van der Waals surface area contributed by atoms with Gasteiger partial charge in [0.1, 0.15) is 6.04 Å². The minimum atomic E-state index is -0.967. The number of carboxylic acid groups (broad SMARTS) is 1. The lowest BCUT2D eigenvalue weighted by atomic mass is 10.0. The Morgan fingerprint density at radius 1 is 1.16 bits per heavy atom. The molecule has 0 radical (unpaired) electrons. The molecule has 6 nitrogen and oxygen atoms in total. The monoisotopic (exact) mass is 368 g/mol. The molecule has 0 fully saturated rings. The van der Waals surface area contributed by atoms with Gasteiger partial charge in [-0.05, 0) is 36.6 Å². The average molecular weight is 369 g/mol. The molecule has 0 aliphatic carbocycles. The molecule has 2 amide bonds. The van der Waals surface area contributed by atoms with Crippen LogP contribution in [-0.2, 0) is 9.59 Å². The van der Waals surface area contributed by atoms with Gasteiger partial charge in [0, 0.05) is 24.2 Å². The maximum atomic E-state index is 12.7. The van der Waals surface area contributed by atoms with E-state index in [9.17, 15) is 14.4 Å². The lowest BCUT2D eigenvalue weighted by Gasteiger charge is -2.27. The molecular formula is C18H25ClN2O4. The van der Waals surface area contributed by atoms with Gasteiger partial charge in [0.15, 0.2) is 0 Å². The first-order valence-electron chi connectivity index (χ1n) is 8.16. The molecule has 0 saturated carbocycles. The Balaban J connectivity index is 2.85. The third-order valence-corrected chi connectivity index (χ3v) is 4.01. The van der Waals surface area contributed by atoms with Crippen LogP contribution >= 0.6 is 11.6 Å². The number of carbonyl (C=O) groups excluding carboxylic acids is 2. The number of rotatable bonds is 8. The normalized spacial score (nSPS) is 13.2. The number of nitrogens with zero attached hydrogens (tertiary/aromatic N) is 1. The molecule has 138 valence electrons. The van der Waals surface area contributed by atoms with Crippen molar-refractivity contribution in [3.8, 4) is 0 Å². The van der Waals surface area contributed by atoms with Gasteiger partial charge in [-0.3, -0.25) is 14.4 Å². The van der Waals surface area contributed by atoms with Gasteiger partial charge in [0.2, 0.25) is 5.91 Å². The molecule has 2 atom stereocenters. The zero-order valence-electron chi connectivity index (χ0n) is 15.0. The van der Waals surface area contributed by atoms with E-state index in [0.717, 1.165) is 0 Å². The van der Waals surface area contributed by atoms with Gasteiger partial charge in [-0.15, -0.1) is 0 Å². The van der Waals surface area contributed by atoms with Crippen LogP contribution < -0.4 is 5.32 Å². The van der Waals surface area contributed by atoms with Crippen molar-refractivity contribution < 1.29 is 19.5 Å². The summed E-state index contributed by atoms with van der Waals surface area (Å²) in [6.07, 6.45) is 0.462. The van der Waals surface area contributed by atoms with Crippen LogP contribution in [0.25, 0.3) is 0 Å². The third-order valence-electron chi connectivity index (χ3n) is 3.76. The number of hydrogen-bond donors (Lipinski definition) is 2. The van der Waals surface area contributed by atoms with Gasteiger partial charge in [0.05, 0.1) is 5.92 Å². The van der Waals surface area contributed by atoms with E-state index in [0.29, 0.717) is 17.0 Å². The second-order valence-corrected chi connectivity index (χ2v) is 7.06. The maximum Gasteiger partial charge on any atom is 0.308 e. The summed E-state index contributed by atoms with van der Waals surface area (Å²) in [5.74, 6) is -2.13. The molecular weight excluding hydrogens is 344 g/mol. The molecule has 0 aliphatic rings. The number of nitrogens with one attached hydrogen (secondary N) is 1. The van der Waals surface area contributed by atoms with Crippen LogP contribution in [0.4, 0.5) is 0 Å². The molecule has 1 aromatic rings. The summed E-state index contributed by atoms with van der Waals surface area (Å²) < 4.78 is 0. The fraction of sp³-hybridized carbons (Fsp3) is 0.500. The molecule has 0 saturated heterocycles. The SMILES string of the molecule is CC(C)CC(NC(=O)c1ccc(Cl)cc1)C(=O)N(C)CC(C)C(=O)O. The summed E-state index contributed by atoms with van der Waals surface area (Å²) in [7, 11) is 1.55. The summed E-state index contributed by atoms with van der Waals surface area (Å²) in [5.41, 5.74) is 0.410. The zero-order valence-corrected chi connectivity index (χ0v) is 15.7. The quantitative estimate of drug-likeness (QED) is 0.738. The van der Waals surface area contributed by atoms with Gasteiger partial charge in [0.25, 0.3) is 5.91 Å². The minimum absolute atomic E-state index is 0.0829. The Kier molecular flexibility index (Phi) is 7.90. The summed E-state index contributed by atoms with van der Waals surface area (Å²) in [5, 5.41) is 12.3. The van der Waals surface area contributed by atoms with Crippen LogP contribution in [0.3, 0.4) is 0 Å². The Labute approximate surface area is 153 Å². The van der Waals surface area contributed by atoms with Crippen molar-refractivity contribution in [2.45, 2.75) is 33.2 Å². The molecule has 1 aromatic carbocycles. The number of amides is 2. The van der Waals surface area contributed by atoms with E-state index in [4.69, 9.17) is 16.7 Å². The second-order valence-electron chi connectivity index (χ2n) is 6.62. The summed E-state index contributed by atoms with van der Waals surface area (Å²) in [6, 6.07) is 5.68. The van der Waals surface area contributed by atoms with Gasteiger partial charge >= 0.3 is 5.97 Å². The average Bonchev–Trinajstić information content (AvgIpc) is 2.53. The number of benzene rings is 1. The fourth-order valence-corrected chi connectivity index (χ4v) is 2.51. The lowest BCUT2D eigenvalue weighted by molar-refractivity contribution is -0.143. The van der Waals surface area contributed by atoms with Crippen LogP contribution in [0.5, 0.6) is 0 Å². The molecule has 0 aliphatic heterocycles. The third kappa shape index (κ3) is 6.74. The highest BCUT2D eigenvalue weighted by atomic mass is 35.5. The molecule has 0 heterocycles. The highest BCUT2D eigenvalue weighted by molar-refractivity contribution is 6.30. The first-order valence-corrected chi connectivity index (χ1v) is 8.53. The Bertz CT molecular complexity index is 616. The number of carboxylic acids is 1. The molecule has 0 bridgehead atoms. The van der Waals surface area contributed by atoms with E-state index in [1.165, 1.54) is 11.8 Å². The van der Waals surface area contributed by atoms with Gasteiger partial charge in [-0.25, -0.2) is 0 Å². The van der Waals surface area contributed by atoms with Crippen LogP contribution in [0.1, 0.15) is 37.6 Å². The van der Waals surface area contributed by atoms with Crippen molar-refractivity contribution >= 4 is 29.4 Å². The molecule has 2 N–H and O–H groups in total. The van der Waals surface area contributed by atoms with Gasteiger partial charge in [-0.1, -0.05) is 32.4 Å². The highest BCUT2D eigenvalue weighted by Gasteiger charge is 2.27. The standard InChI is InChI=1S/C18H25ClN2O4/c1-11(2)9-15(17(23)21(4)10-12(3)18(24)25)20-16(22)13-5-7-14(19)8-6-13/h5-8,11-12,15H,9-10H2,1-4H3,(H,20,22)(H,24,25). The predicted octanol–water partition coefficient (Wildman–Crippen LogP) is 2.66. The second kappa shape index (κ2) is 9.42. The summed E-state index contributed by atoms with van der Waals surface area (Å²) in [6.45, 7) is 5.53. The van der Waals surface area contributed by atoms with Crippen LogP contribution in [0, 0.1) is 11.8 Å². The molecule has 0 aromatic heterocycles. The molecule has 25 heavy (non-hydrogen) atoms. The van der Waals surface area contributed by atoms with Crippen molar-refractivity contribution in [3.05, 3.63) is 34.9 Å². The van der Waals surface area contributed by atoms with E-state index < -0.39 is 17.9 Å². The van der Waals surface area contributed by atoms with E-state index in [1.54, 1.807) is 31.3 Å².